The molecule has 0 unspecified atom stereocenters. The van der Waals surface area contributed by atoms with Crippen LogP contribution >= 0.6 is 0 Å². The lowest BCUT2D eigenvalue weighted by Crippen LogP contribution is -2.26. The fourth-order valence-electron chi connectivity index (χ4n) is 1.82. The van der Waals surface area contributed by atoms with Crippen LogP contribution in [0.2, 0.25) is 0 Å². The van der Waals surface area contributed by atoms with E-state index in [1.807, 2.05) is 12.1 Å². The first kappa shape index (κ1) is 12.2. The number of hydrogen-bond donors (Lipinski definition) is 0. The predicted molar refractivity (Wildman–Crippen MR) is 69.1 cm³/mol. The van der Waals surface area contributed by atoms with Gasteiger partial charge in [0.2, 0.25) is 0 Å². The molecule has 1 amide bonds. The molecule has 0 saturated carbocycles. The van der Waals surface area contributed by atoms with E-state index in [4.69, 9.17) is 9.47 Å². The molecule has 0 aliphatic heterocycles. The summed E-state index contributed by atoms with van der Waals surface area (Å²) >= 11 is 0. The normalized spacial score (nSPS) is 10.2. The Morgan fingerprint density at radius 2 is 2.06 bits per heavy atom. The zero-order valence-corrected chi connectivity index (χ0v) is 10.5. The number of carbonyl (C=O) groups excluding carboxylic acids is 1. The molecule has 0 aliphatic carbocycles. The third-order valence-electron chi connectivity index (χ3n) is 2.74. The lowest BCUT2D eigenvalue weighted by atomic mass is 10.1. The van der Waals surface area contributed by atoms with E-state index in [1.165, 1.54) is 12.0 Å². The van der Waals surface area contributed by atoms with Crippen molar-refractivity contribution in [3.05, 3.63) is 30.5 Å². The van der Waals surface area contributed by atoms with Gasteiger partial charge < -0.3 is 9.47 Å². The summed E-state index contributed by atoms with van der Waals surface area (Å²) < 4.78 is 9.97. The van der Waals surface area contributed by atoms with Crippen LogP contribution in [0.1, 0.15) is 0 Å². The second-order valence-electron chi connectivity index (χ2n) is 3.72. The highest BCUT2D eigenvalue weighted by atomic mass is 16.5. The third-order valence-corrected chi connectivity index (χ3v) is 2.74. The van der Waals surface area contributed by atoms with Crippen LogP contribution in [0.15, 0.2) is 30.5 Å². The Morgan fingerprint density at radius 3 is 2.72 bits per heavy atom. The molecule has 94 valence electrons. The Hall–Kier alpha value is -2.30. The lowest BCUT2D eigenvalue weighted by molar-refractivity contribution is 0.180. The second kappa shape index (κ2) is 4.91. The van der Waals surface area contributed by atoms with Crippen molar-refractivity contribution in [3.63, 3.8) is 0 Å². The van der Waals surface area contributed by atoms with E-state index in [-0.39, 0.29) is 0 Å². The summed E-state index contributed by atoms with van der Waals surface area (Å²) in [6.07, 6.45) is 1.24. The van der Waals surface area contributed by atoms with Gasteiger partial charge in [-0.05, 0) is 24.3 Å². The first-order valence-electron chi connectivity index (χ1n) is 5.42. The van der Waals surface area contributed by atoms with Crippen molar-refractivity contribution < 1.29 is 14.3 Å². The van der Waals surface area contributed by atoms with Gasteiger partial charge in [0.15, 0.2) is 0 Å². The maximum atomic E-state index is 11.6. The summed E-state index contributed by atoms with van der Waals surface area (Å²) in [7, 11) is 4.59. The van der Waals surface area contributed by atoms with E-state index in [0.717, 1.165) is 11.1 Å². The third kappa shape index (κ3) is 1.95. The Bertz CT molecular complexity index is 583. The van der Waals surface area contributed by atoms with Gasteiger partial charge in [-0.1, -0.05) is 0 Å². The predicted octanol–water partition coefficient (Wildman–Crippen LogP) is 2.45. The zero-order valence-electron chi connectivity index (χ0n) is 10.5. The first-order chi connectivity index (χ1) is 8.69. The van der Waals surface area contributed by atoms with Crippen molar-refractivity contribution in [2.24, 2.45) is 0 Å². The highest BCUT2D eigenvalue weighted by Crippen LogP contribution is 2.31. The summed E-state index contributed by atoms with van der Waals surface area (Å²) in [5.41, 5.74) is 1.38. The van der Waals surface area contributed by atoms with Crippen LogP contribution in [0.5, 0.6) is 5.75 Å². The van der Waals surface area contributed by atoms with Crippen molar-refractivity contribution in [1.82, 2.24) is 4.98 Å². The number of ether oxygens (including phenoxy) is 2. The number of aromatic nitrogens is 1. The molecule has 1 aromatic heterocycles. The molecular weight excluding hydrogens is 232 g/mol. The van der Waals surface area contributed by atoms with E-state index in [0.29, 0.717) is 11.2 Å². The maximum Gasteiger partial charge on any atom is 0.413 e. The number of methoxy groups -OCH3 is 2. The molecule has 0 atom stereocenters. The molecule has 2 rings (SSSR count). The van der Waals surface area contributed by atoms with Crippen molar-refractivity contribution in [2.75, 3.05) is 26.2 Å². The van der Waals surface area contributed by atoms with Gasteiger partial charge in [-0.25, -0.2) is 4.79 Å². The average molecular weight is 246 g/mol. The van der Waals surface area contributed by atoms with E-state index in [2.05, 4.69) is 4.98 Å². The zero-order chi connectivity index (χ0) is 13.1. The molecule has 0 bridgehead atoms. The monoisotopic (exact) mass is 246 g/mol. The number of anilines is 1. The molecule has 0 saturated heterocycles. The molecule has 1 heterocycles. The van der Waals surface area contributed by atoms with Gasteiger partial charge in [-0.3, -0.25) is 9.88 Å². The number of fused-ring (bicyclic) bond motifs is 1. The Balaban J connectivity index is 2.63. The number of nitrogens with zero attached hydrogens (tertiary/aromatic N) is 2. The molecule has 5 heteroatoms. The van der Waals surface area contributed by atoms with E-state index < -0.39 is 6.09 Å². The molecular formula is C13H14N2O3. The molecule has 2 aromatic rings. The smallest absolute Gasteiger partial charge is 0.413 e. The first-order valence-corrected chi connectivity index (χ1v) is 5.42. The number of benzene rings is 1. The van der Waals surface area contributed by atoms with Crippen LogP contribution in [0.4, 0.5) is 10.5 Å². The van der Waals surface area contributed by atoms with E-state index >= 15 is 0 Å². The van der Waals surface area contributed by atoms with E-state index in [9.17, 15) is 4.79 Å². The Labute approximate surface area is 105 Å². The summed E-state index contributed by atoms with van der Waals surface area (Å²) in [6, 6.07) is 7.31. The fourth-order valence-corrected chi connectivity index (χ4v) is 1.82. The average Bonchev–Trinajstić information content (AvgIpc) is 2.44. The van der Waals surface area contributed by atoms with E-state index in [1.54, 1.807) is 32.5 Å². The standard InChI is InChI=1S/C13H14N2O3/c1-15(13(16)18-3)10-6-7-11(17-2)9-5-4-8-14-12(9)10/h4-8H,1-3H3. The van der Waals surface area contributed by atoms with Gasteiger partial charge in [-0.2, -0.15) is 0 Å². The number of rotatable bonds is 2. The molecule has 1 aromatic carbocycles. The van der Waals surface area contributed by atoms with Gasteiger partial charge in [0.25, 0.3) is 0 Å². The van der Waals surface area contributed by atoms with Crippen LogP contribution < -0.4 is 9.64 Å². The molecule has 0 spiro atoms. The van der Waals surface area contributed by atoms with Gasteiger partial charge >= 0.3 is 6.09 Å². The summed E-state index contributed by atoms with van der Waals surface area (Å²) in [6.45, 7) is 0. The van der Waals surface area contributed by atoms with Crippen molar-refractivity contribution >= 4 is 22.7 Å². The SMILES string of the molecule is COC(=O)N(C)c1ccc(OC)c2cccnc12. The van der Waals surface area contributed by atoms with Crippen molar-refractivity contribution in [2.45, 2.75) is 0 Å². The molecule has 18 heavy (non-hydrogen) atoms. The minimum absolute atomic E-state index is 0.438. The van der Waals surface area contributed by atoms with Crippen molar-refractivity contribution in [1.29, 1.82) is 0 Å². The van der Waals surface area contributed by atoms with Crippen LogP contribution in [0.25, 0.3) is 10.9 Å². The Kier molecular flexibility index (Phi) is 3.32. The number of carbonyl (C=O) groups is 1. The molecule has 0 aliphatic rings. The van der Waals surface area contributed by atoms with Crippen LogP contribution in [-0.4, -0.2) is 32.3 Å². The molecule has 5 nitrogen and oxygen atoms in total. The highest BCUT2D eigenvalue weighted by Gasteiger charge is 2.16. The number of hydrogen-bond acceptors (Lipinski definition) is 4. The van der Waals surface area contributed by atoms with Gasteiger partial charge in [0.1, 0.15) is 5.75 Å². The minimum atomic E-state index is -0.438. The van der Waals surface area contributed by atoms with Crippen LogP contribution in [0.3, 0.4) is 0 Å². The maximum absolute atomic E-state index is 11.6. The fraction of sp³-hybridized carbons (Fsp3) is 0.231. The highest BCUT2D eigenvalue weighted by molar-refractivity contribution is 6.01. The topological polar surface area (TPSA) is 51.7 Å². The summed E-state index contributed by atoms with van der Waals surface area (Å²) in [5, 5.41) is 0.855. The van der Waals surface area contributed by atoms with Gasteiger partial charge in [0, 0.05) is 18.6 Å². The minimum Gasteiger partial charge on any atom is -0.496 e. The molecule has 0 fully saturated rings. The number of pyridine rings is 1. The molecule has 0 radical (unpaired) electrons. The Morgan fingerprint density at radius 1 is 1.28 bits per heavy atom. The van der Waals surface area contributed by atoms with Crippen LogP contribution in [0, 0.1) is 0 Å². The van der Waals surface area contributed by atoms with Crippen molar-refractivity contribution in [3.8, 4) is 5.75 Å². The lowest BCUT2D eigenvalue weighted by Gasteiger charge is -2.18. The van der Waals surface area contributed by atoms with Gasteiger partial charge in [-0.15, -0.1) is 0 Å². The molecule has 0 N–H and O–H groups in total. The summed E-state index contributed by atoms with van der Waals surface area (Å²) in [5.74, 6) is 0.722. The second-order valence-corrected chi connectivity index (χ2v) is 3.72. The van der Waals surface area contributed by atoms with Crippen LogP contribution in [-0.2, 0) is 4.74 Å². The number of amides is 1. The summed E-state index contributed by atoms with van der Waals surface area (Å²) in [4.78, 5) is 17.3. The largest absolute Gasteiger partial charge is 0.496 e. The van der Waals surface area contributed by atoms with Gasteiger partial charge in [0.05, 0.1) is 25.4 Å². The quantitative estimate of drug-likeness (QED) is 0.816.